The van der Waals surface area contributed by atoms with Crippen LogP contribution >= 0.6 is 11.8 Å². The molecule has 22 heavy (non-hydrogen) atoms. The van der Waals surface area contributed by atoms with Gasteiger partial charge < -0.3 is 20.5 Å². The summed E-state index contributed by atoms with van der Waals surface area (Å²) in [6, 6.07) is 7.32. The fraction of sp³-hybridized carbons (Fsp3) is 0.562. The van der Waals surface area contributed by atoms with Crippen LogP contribution in [0.2, 0.25) is 0 Å². The van der Waals surface area contributed by atoms with Crippen molar-refractivity contribution in [1.82, 2.24) is 0 Å². The number of nitrogens with one attached hydrogen (secondary N) is 1. The quantitative estimate of drug-likeness (QED) is 0.767. The number of anilines is 1. The summed E-state index contributed by atoms with van der Waals surface area (Å²) in [5, 5.41) is 2.88. The number of amides is 1. The molecule has 1 aliphatic heterocycles. The van der Waals surface area contributed by atoms with Gasteiger partial charge in [0.1, 0.15) is 12.4 Å². The molecule has 0 aliphatic carbocycles. The molecule has 0 aromatic heterocycles. The van der Waals surface area contributed by atoms with Crippen LogP contribution in [0.15, 0.2) is 24.3 Å². The second-order valence-corrected chi connectivity index (χ2v) is 6.24. The highest BCUT2D eigenvalue weighted by molar-refractivity contribution is 8.00. The normalized spacial score (nSPS) is 18.0. The molecule has 3 N–H and O–H groups in total. The van der Waals surface area contributed by atoms with Crippen molar-refractivity contribution in [2.45, 2.75) is 25.4 Å². The summed E-state index contributed by atoms with van der Waals surface area (Å²) in [7, 11) is 0. The van der Waals surface area contributed by atoms with Crippen LogP contribution in [-0.2, 0) is 9.53 Å². The van der Waals surface area contributed by atoms with Crippen molar-refractivity contribution in [3.8, 4) is 5.75 Å². The van der Waals surface area contributed by atoms with Gasteiger partial charge in [0.25, 0.3) is 0 Å². The van der Waals surface area contributed by atoms with E-state index in [1.807, 2.05) is 24.3 Å². The maximum Gasteiger partial charge on any atom is 0.234 e. The Labute approximate surface area is 135 Å². The maximum absolute atomic E-state index is 11.9. The molecule has 1 aliphatic rings. The van der Waals surface area contributed by atoms with E-state index in [1.165, 1.54) is 6.42 Å². The van der Waals surface area contributed by atoms with Gasteiger partial charge in [0.15, 0.2) is 0 Å². The van der Waals surface area contributed by atoms with Gasteiger partial charge in [0.2, 0.25) is 5.91 Å². The predicted octanol–water partition coefficient (Wildman–Crippen LogP) is 2.26. The Balaban J connectivity index is 1.65. The molecular weight excluding hydrogens is 300 g/mol. The highest BCUT2D eigenvalue weighted by Gasteiger charge is 2.14. The molecule has 1 amide bonds. The van der Waals surface area contributed by atoms with Gasteiger partial charge in [-0.05, 0) is 43.5 Å². The number of rotatable bonds is 8. The van der Waals surface area contributed by atoms with Gasteiger partial charge in [0, 0.05) is 24.6 Å². The summed E-state index contributed by atoms with van der Waals surface area (Å²) in [4.78, 5) is 11.9. The molecule has 1 atom stereocenters. The standard InChI is InChI=1S/C16H24N2O3S/c17-8-10-21-14-6-4-13(5-7-14)18-16(19)12-22-11-15-3-1-2-9-20-15/h4-7,15H,1-3,8-12,17H2,(H,18,19). The molecule has 122 valence electrons. The minimum Gasteiger partial charge on any atom is -0.492 e. The number of ether oxygens (including phenoxy) is 2. The number of benzene rings is 1. The molecule has 6 heteroatoms. The number of thioether (sulfide) groups is 1. The second kappa shape index (κ2) is 9.71. The molecule has 0 bridgehead atoms. The summed E-state index contributed by atoms with van der Waals surface area (Å²) < 4.78 is 11.0. The minimum atomic E-state index is 0.0106. The van der Waals surface area contributed by atoms with E-state index in [9.17, 15) is 4.79 Å². The fourth-order valence-corrected chi connectivity index (χ4v) is 3.13. The smallest absolute Gasteiger partial charge is 0.234 e. The van der Waals surface area contributed by atoms with Crippen LogP contribution in [0.3, 0.4) is 0 Å². The van der Waals surface area contributed by atoms with Crippen molar-refractivity contribution in [3.63, 3.8) is 0 Å². The molecule has 1 aromatic carbocycles. The van der Waals surface area contributed by atoms with Crippen molar-refractivity contribution in [1.29, 1.82) is 0 Å². The largest absolute Gasteiger partial charge is 0.492 e. The fourth-order valence-electron chi connectivity index (χ4n) is 2.23. The van der Waals surface area contributed by atoms with E-state index in [-0.39, 0.29) is 5.91 Å². The first-order valence-corrected chi connectivity index (χ1v) is 8.85. The van der Waals surface area contributed by atoms with Crippen molar-refractivity contribution in [2.24, 2.45) is 5.73 Å². The lowest BCUT2D eigenvalue weighted by Crippen LogP contribution is -2.22. The second-order valence-electron chi connectivity index (χ2n) is 5.21. The lowest BCUT2D eigenvalue weighted by Gasteiger charge is -2.21. The van der Waals surface area contributed by atoms with Crippen LogP contribution in [0.4, 0.5) is 5.69 Å². The topological polar surface area (TPSA) is 73.6 Å². The molecule has 2 rings (SSSR count). The third-order valence-corrected chi connectivity index (χ3v) is 4.41. The number of hydrogen-bond acceptors (Lipinski definition) is 5. The first-order chi connectivity index (χ1) is 10.8. The summed E-state index contributed by atoms with van der Waals surface area (Å²) >= 11 is 1.63. The SMILES string of the molecule is NCCOc1ccc(NC(=O)CSCC2CCCCO2)cc1. The van der Waals surface area contributed by atoms with Gasteiger partial charge in [0.05, 0.1) is 11.9 Å². The maximum atomic E-state index is 11.9. The van der Waals surface area contributed by atoms with Crippen LogP contribution in [-0.4, -0.2) is 43.3 Å². The Morgan fingerprint density at radius 2 is 2.18 bits per heavy atom. The average molecular weight is 324 g/mol. The number of carbonyl (C=O) groups is 1. The van der Waals surface area contributed by atoms with E-state index in [2.05, 4.69) is 5.32 Å². The first-order valence-electron chi connectivity index (χ1n) is 7.70. The third kappa shape index (κ3) is 6.25. The molecule has 0 spiro atoms. The van der Waals surface area contributed by atoms with Crippen molar-refractivity contribution >= 4 is 23.4 Å². The predicted molar refractivity (Wildman–Crippen MR) is 90.5 cm³/mol. The summed E-state index contributed by atoms with van der Waals surface area (Å²) in [6.45, 7) is 1.84. The lowest BCUT2D eigenvalue weighted by molar-refractivity contribution is -0.113. The number of nitrogens with two attached hydrogens (primary N) is 1. The van der Waals surface area contributed by atoms with E-state index in [0.717, 1.165) is 36.6 Å². The molecule has 0 radical (unpaired) electrons. The van der Waals surface area contributed by atoms with Gasteiger partial charge in [-0.25, -0.2) is 0 Å². The van der Waals surface area contributed by atoms with Gasteiger partial charge >= 0.3 is 0 Å². The highest BCUT2D eigenvalue weighted by Crippen LogP contribution is 2.18. The molecule has 1 fully saturated rings. The molecule has 1 saturated heterocycles. The molecule has 5 nitrogen and oxygen atoms in total. The van der Waals surface area contributed by atoms with Crippen LogP contribution in [0.5, 0.6) is 5.75 Å². The molecule has 1 aromatic rings. The van der Waals surface area contributed by atoms with E-state index >= 15 is 0 Å². The Kier molecular flexibility index (Phi) is 7.56. The summed E-state index contributed by atoms with van der Waals surface area (Å²) in [5.41, 5.74) is 6.16. The zero-order chi connectivity index (χ0) is 15.6. The number of carbonyl (C=O) groups excluding carboxylic acids is 1. The van der Waals surface area contributed by atoms with Crippen LogP contribution in [0.25, 0.3) is 0 Å². The number of hydrogen-bond donors (Lipinski definition) is 2. The molecule has 0 saturated carbocycles. The summed E-state index contributed by atoms with van der Waals surface area (Å²) in [6.07, 6.45) is 3.81. The van der Waals surface area contributed by atoms with Crippen molar-refractivity contribution in [3.05, 3.63) is 24.3 Å². The van der Waals surface area contributed by atoms with Gasteiger partial charge in [-0.3, -0.25) is 4.79 Å². The summed E-state index contributed by atoms with van der Waals surface area (Å²) in [5.74, 6) is 2.11. The Morgan fingerprint density at radius 1 is 1.36 bits per heavy atom. The highest BCUT2D eigenvalue weighted by atomic mass is 32.2. The monoisotopic (exact) mass is 324 g/mol. The molecular formula is C16H24N2O3S. The van der Waals surface area contributed by atoms with E-state index in [1.54, 1.807) is 11.8 Å². The Hall–Kier alpha value is -1.24. The van der Waals surface area contributed by atoms with Crippen molar-refractivity contribution in [2.75, 3.05) is 36.6 Å². The van der Waals surface area contributed by atoms with Crippen LogP contribution < -0.4 is 15.8 Å². The zero-order valence-electron chi connectivity index (χ0n) is 12.8. The van der Waals surface area contributed by atoms with Gasteiger partial charge in [-0.1, -0.05) is 0 Å². The lowest BCUT2D eigenvalue weighted by atomic mass is 10.1. The molecule has 1 unspecified atom stereocenters. The Bertz CT molecular complexity index is 447. The Morgan fingerprint density at radius 3 is 2.86 bits per heavy atom. The van der Waals surface area contributed by atoms with Crippen LogP contribution in [0.1, 0.15) is 19.3 Å². The minimum absolute atomic E-state index is 0.0106. The first kappa shape index (κ1) is 17.1. The third-order valence-electron chi connectivity index (χ3n) is 3.34. The molecule has 1 heterocycles. The average Bonchev–Trinajstić information content (AvgIpc) is 2.55. The van der Waals surface area contributed by atoms with Gasteiger partial charge in [-0.2, -0.15) is 0 Å². The van der Waals surface area contributed by atoms with E-state index in [0.29, 0.717) is 25.0 Å². The van der Waals surface area contributed by atoms with Crippen LogP contribution in [0, 0.1) is 0 Å². The van der Waals surface area contributed by atoms with E-state index < -0.39 is 0 Å². The van der Waals surface area contributed by atoms with Gasteiger partial charge in [-0.15, -0.1) is 11.8 Å². The van der Waals surface area contributed by atoms with Crippen molar-refractivity contribution < 1.29 is 14.3 Å². The van der Waals surface area contributed by atoms with E-state index in [4.69, 9.17) is 15.2 Å². The zero-order valence-corrected chi connectivity index (χ0v) is 13.6.